The second-order valence-corrected chi connectivity index (χ2v) is 8.68. The van der Waals surface area contributed by atoms with Crippen molar-refractivity contribution < 1.29 is 18.3 Å². The third kappa shape index (κ3) is 3.15. The van der Waals surface area contributed by atoms with Crippen molar-refractivity contribution in [1.82, 2.24) is 20.3 Å². The van der Waals surface area contributed by atoms with E-state index in [0.717, 1.165) is 44.6 Å². The number of rotatable bonds is 5. The summed E-state index contributed by atoms with van der Waals surface area (Å²) in [7, 11) is 0. The Balaban J connectivity index is 1.27. The third-order valence-corrected chi connectivity index (χ3v) is 6.48. The SMILES string of the molecule is Oc1c(-c2ccc3nc(N4CC[C@@H](NC5(CF)CC5)C4)ccc3n2)cc2ocnc2c1F. The minimum Gasteiger partial charge on any atom is -0.504 e. The van der Waals surface area contributed by atoms with Crippen molar-refractivity contribution in [3.05, 3.63) is 42.5 Å². The Morgan fingerprint density at radius 3 is 2.81 bits per heavy atom. The van der Waals surface area contributed by atoms with E-state index >= 15 is 0 Å². The maximum absolute atomic E-state index is 14.4. The first-order valence-corrected chi connectivity index (χ1v) is 10.7. The Bertz CT molecular complexity index is 1340. The first kappa shape index (κ1) is 19.4. The highest BCUT2D eigenvalue weighted by Crippen LogP contribution is 2.38. The standard InChI is InChI=1S/C23H21F2N5O2/c24-11-23(6-7-23)29-13-5-8-30(10-13)19-4-3-16-17(28-19)2-1-15(27-16)14-9-18-21(26-12-32-18)20(25)22(14)31/h1-4,9,12-13,29,31H,5-8,10-11H2/t13-/m1/s1. The van der Waals surface area contributed by atoms with Crippen LogP contribution in [0.1, 0.15) is 19.3 Å². The number of benzene rings is 1. The molecule has 2 aliphatic rings. The zero-order valence-corrected chi connectivity index (χ0v) is 17.2. The molecule has 32 heavy (non-hydrogen) atoms. The van der Waals surface area contributed by atoms with Crippen LogP contribution in [-0.2, 0) is 0 Å². The van der Waals surface area contributed by atoms with Gasteiger partial charge in [0, 0.05) is 30.2 Å². The van der Waals surface area contributed by atoms with Crippen LogP contribution in [0.2, 0.25) is 0 Å². The van der Waals surface area contributed by atoms with Gasteiger partial charge in [-0.25, -0.2) is 23.7 Å². The Labute approximate surface area is 182 Å². The lowest BCUT2D eigenvalue weighted by Gasteiger charge is -2.21. The van der Waals surface area contributed by atoms with Gasteiger partial charge in [-0.2, -0.15) is 0 Å². The molecule has 1 saturated heterocycles. The van der Waals surface area contributed by atoms with Crippen LogP contribution in [0.5, 0.6) is 5.75 Å². The molecule has 1 atom stereocenters. The number of phenolic OH excluding ortho intramolecular Hbond substituents is 1. The average Bonchev–Trinajstić information content (AvgIpc) is 3.19. The highest BCUT2D eigenvalue weighted by molar-refractivity contribution is 5.86. The fraction of sp³-hybridized carbons (Fsp3) is 0.348. The summed E-state index contributed by atoms with van der Waals surface area (Å²) in [6.07, 6.45) is 3.90. The fourth-order valence-corrected chi connectivity index (χ4v) is 4.46. The van der Waals surface area contributed by atoms with Gasteiger partial charge in [0.1, 0.15) is 18.0 Å². The van der Waals surface area contributed by atoms with E-state index in [1.807, 2.05) is 12.1 Å². The number of anilines is 1. The number of pyridine rings is 2. The van der Waals surface area contributed by atoms with E-state index in [0.29, 0.717) is 16.7 Å². The van der Waals surface area contributed by atoms with Crippen LogP contribution in [0.3, 0.4) is 0 Å². The molecule has 7 nitrogen and oxygen atoms in total. The highest BCUT2D eigenvalue weighted by Gasteiger charge is 2.45. The lowest BCUT2D eigenvalue weighted by molar-refractivity contribution is 0.332. The van der Waals surface area contributed by atoms with E-state index in [-0.39, 0.29) is 34.9 Å². The second-order valence-electron chi connectivity index (χ2n) is 8.68. The summed E-state index contributed by atoms with van der Waals surface area (Å²) in [4.78, 5) is 15.3. The summed E-state index contributed by atoms with van der Waals surface area (Å²) in [5.74, 6) is -0.502. The van der Waals surface area contributed by atoms with Crippen molar-refractivity contribution in [2.24, 2.45) is 0 Å². The average molecular weight is 437 g/mol. The molecule has 0 spiro atoms. The first-order valence-electron chi connectivity index (χ1n) is 10.7. The molecule has 164 valence electrons. The maximum atomic E-state index is 14.4. The summed E-state index contributed by atoms with van der Waals surface area (Å²) in [5.41, 5.74) is 1.90. The fourth-order valence-electron chi connectivity index (χ4n) is 4.46. The van der Waals surface area contributed by atoms with E-state index in [9.17, 15) is 13.9 Å². The number of halogens is 2. The van der Waals surface area contributed by atoms with Gasteiger partial charge in [0.25, 0.3) is 0 Å². The Morgan fingerprint density at radius 1 is 1.19 bits per heavy atom. The Kier molecular flexibility index (Phi) is 4.29. The zero-order valence-electron chi connectivity index (χ0n) is 17.2. The topological polar surface area (TPSA) is 87.3 Å². The molecule has 0 bridgehead atoms. The molecule has 4 heterocycles. The molecular weight excluding hydrogens is 416 g/mol. The monoisotopic (exact) mass is 437 g/mol. The van der Waals surface area contributed by atoms with Gasteiger partial charge >= 0.3 is 0 Å². The van der Waals surface area contributed by atoms with Gasteiger partial charge in [-0.15, -0.1) is 0 Å². The Morgan fingerprint density at radius 2 is 2.00 bits per heavy atom. The summed E-state index contributed by atoms with van der Waals surface area (Å²) < 4.78 is 32.8. The molecule has 3 aromatic heterocycles. The maximum Gasteiger partial charge on any atom is 0.195 e. The van der Waals surface area contributed by atoms with Crippen molar-refractivity contribution in [3.63, 3.8) is 0 Å². The highest BCUT2D eigenvalue weighted by atomic mass is 19.1. The van der Waals surface area contributed by atoms with E-state index in [4.69, 9.17) is 9.40 Å². The van der Waals surface area contributed by atoms with Gasteiger partial charge in [0.2, 0.25) is 0 Å². The summed E-state index contributed by atoms with van der Waals surface area (Å²) in [6.45, 7) is 1.33. The largest absolute Gasteiger partial charge is 0.504 e. The summed E-state index contributed by atoms with van der Waals surface area (Å²) >= 11 is 0. The molecule has 1 aliphatic heterocycles. The summed E-state index contributed by atoms with van der Waals surface area (Å²) in [6, 6.07) is 9.06. The van der Waals surface area contributed by atoms with Crippen LogP contribution >= 0.6 is 0 Å². The molecule has 1 aromatic carbocycles. The van der Waals surface area contributed by atoms with Gasteiger partial charge < -0.3 is 19.7 Å². The number of alkyl halides is 1. The predicted octanol–water partition coefficient (Wildman–Crippen LogP) is 3.95. The van der Waals surface area contributed by atoms with Crippen LogP contribution < -0.4 is 10.2 Å². The minimum absolute atomic E-state index is 0.0177. The molecule has 6 rings (SSSR count). The smallest absolute Gasteiger partial charge is 0.195 e. The molecule has 9 heteroatoms. The lowest BCUT2D eigenvalue weighted by atomic mass is 10.1. The number of hydrogen-bond donors (Lipinski definition) is 2. The molecule has 4 aromatic rings. The van der Waals surface area contributed by atoms with Crippen molar-refractivity contribution in [2.45, 2.75) is 30.8 Å². The number of fused-ring (bicyclic) bond motifs is 2. The third-order valence-electron chi connectivity index (χ3n) is 6.48. The van der Waals surface area contributed by atoms with Gasteiger partial charge in [0.15, 0.2) is 23.5 Å². The number of hydrogen-bond acceptors (Lipinski definition) is 7. The Hall–Kier alpha value is -3.33. The molecule has 0 amide bonds. The van der Waals surface area contributed by atoms with E-state index in [1.165, 1.54) is 6.07 Å². The van der Waals surface area contributed by atoms with Gasteiger partial charge in [-0.05, 0) is 49.6 Å². The van der Waals surface area contributed by atoms with Crippen LogP contribution in [-0.4, -0.2) is 51.4 Å². The zero-order chi connectivity index (χ0) is 21.9. The number of aromatic nitrogens is 3. The first-order chi connectivity index (χ1) is 15.5. The second kappa shape index (κ2) is 7.09. The molecule has 2 fully saturated rings. The number of nitrogens with one attached hydrogen (secondary N) is 1. The minimum atomic E-state index is -0.834. The van der Waals surface area contributed by atoms with Crippen LogP contribution in [0.4, 0.5) is 14.6 Å². The number of nitrogens with zero attached hydrogens (tertiary/aromatic N) is 4. The quantitative estimate of drug-likeness (QED) is 0.489. The van der Waals surface area contributed by atoms with Crippen LogP contribution in [0.15, 0.2) is 41.1 Å². The number of aromatic hydroxyl groups is 1. The van der Waals surface area contributed by atoms with Gasteiger partial charge in [-0.3, -0.25) is 0 Å². The van der Waals surface area contributed by atoms with Crippen molar-refractivity contribution in [1.29, 1.82) is 0 Å². The van der Waals surface area contributed by atoms with Crippen LogP contribution in [0, 0.1) is 5.82 Å². The van der Waals surface area contributed by atoms with Crippen LogP contribution in [0.25, 0.3) is 33.4 Å². The van der Waals surface area contributed by atoms with Gasteiger partial charge in [0.05, 0.1) is 16.7 Å². The number of phenols is 1. The van der Waals surface area contributed by atoms with E-state index in [1.54, 1.807) is 12.1 Å². The molecule has 1 aliphatic carbocycles. The number of oxazole rings is 1. The predicted molar refractivity (Wildman–Crippen MR) is 116 cm³/mol. The van der Waals surface area contributed by atoms with Crippen molar-refractivity contribution in [3.8, 4) is 17.0 Å². The van der Waals surface area contributed by atoms with Gasteiger partial charge in [-0.1, -0.05) is 0 Å². The molecule has 0 unspecified atom stereocenters. The molecule has 0 radical (unpaired) electrons. The molecule has 2 N–H and O–H groups in total. The molecular formula is C23H21F2N5O2. The lowest BCUT2D eigenvalue weighted by Crippen LogP contribution is -2.43. The summed E-state index contributed by atoms with van der Waals surface area (Å²) in [5, 5.41) is 13.8. The van der Waals surface area contributed by atoms with Crippen molar-refractivity contribution >= 4 is 28.0 Å². The van der Waals surface area contributed by atoms with E-state index in [2.05, 4.69) is 20.2 Å². The van der Waals surface area contributed by atoms with Crippen molar-refractivity contribution in [2.75, 3.05) is 24.7 Å². The molecule has 1 saturated carbocycles. The normalized spacial score (nSPS) is 19.8. The van der Waals surface area contributed by atoms with E-state index < -0.39 is 11.6 Å².